The van der Waals surface area contributed by atoms with Crippen LogP contribution < -0.4 is 5.32 Å². The summed E-state index contributed by atoms with van der Waals surface area (Å²) in [6.07, 6.45) is 5.23. The molecule has 9 nitrogen and oxygen atoms in total. The van der Waals surface area contributed by atoms with Crippen LogP contribution in [0.1, 0.15) is 18.7 Å². The summed E-state index contributed by atoms with van der Waals surface area (Å²) in [5, 5.41) is 7.08. The van der Waals surface area contributed by atoms with Crippen LogP contribution in [0.4, 0.5) is 0 Å². The van der Waals surface area contributed by atoms with Crippen molar-refractivity contribution >= 4 is 11.6 Å². The fraction of sp³-hybridized carbons (Fsp3) is 0.722. The molecule has 1 atom stereocenters. The second-order valence-corrected chi connectivity index (χ2v) is 7.61. The number of morpholine rings is 1. The van der Waals surface area contributed by atoms with Crippen molar-refractivity contribution in [2.45, 2.75) is 25.0 Å². The van der Waals surface area contributed by atoms with Crippen LogP contribution in [0.15, 0.2) is 17.5 Å². The Hall–Kier alpha value is -1.97. The number of carbonyl (C=O) groups excluding carboxylic acids is 1. The number of oxime groups is 1. The van der Waals surface area contributed by atoms with Crippen molar-refractivity contribution < 1.29 is 14.4 Å². The van der Waals surface area contributed by atoms with Gasteiger partial charge in [-0.2, -0.15) is 0 Å². The van der Waals surface area contributed by atoms with E-state index in [1.54, 1.807) is 0 Å². The average Bonchev–Trinajstić information content (AvgIpc) is 3.39. The first-order valence-electron chi connectivity index (χ1n) is 9.65. The minimum absolute atomic E-state index is 0.109. The fourth-order valence-corrected chi connectivity index (χ4v) is 3.93. The topological polar surface area (TPSA) is 84.2 Å². The third-order valence-electron chi connectivity index (χ3n) is 5.60. The highest BCUT2D eigenvalue weighted by Crippen LogP contribution is 2.34. The van der Waals surface area contributed by atoms with Gasteiger partial charge in [0, 0.05) is 71.6 Å². The van der Waals surface area contributed by atoms with Crippen molar-refractivity contribution in [3.8, 4) is 0 Å². The molecule has 3 aliphatic heterocycles. The van der Waals surface area contributed by atoms with Gasteiger partial charge in [0.05, 0.1) is 19.8 Å². The Balaban J connectivity index is 1.22. The van der Waals surface area contributed by atoms with E-state index in [0.717, 1.165) is 64.7 Å². The van der Waals surface area contributed by atoms with E-state index in [-0.39, 0.29) is 11.5 Å². The summed E-state index contributed by atoms with van der Waals surface area (Å²) in [6, 6.07) is 0. The van der Waals surface area contributed by atoms with Crippen molar-refractivity contribution in [2.75, 3.05) is 52.5 Å². The molecule has 4 rings (SSSR count). The van der Waals surface area contributed by atoms with E-state index < -0.39 is 0 Å². The van der Waals surface area contributed by atoms with Crippen LogP contribution in [0.25, 0.3) is 0 Å². The van der Waals surface area contributed by atoms with Gasteiger partial charge in [0.2, 0.25) is 0 Å². The molecule has 4 heterocycles. The molecular formula is C18H28N6O3. The lowest BCUT2D eigenvalue weighted by molar-refractivity contribution is -0.115. The van der Waals surface area contributed by atoms with Crippen molar-refractivity contribution in [2.24, 2.45) is 12.2 Å². The summed E-state index contributed by atoms with van der Waals surface area (Å²) in [7, 11) is 2.00. The van der Waals surface area contributed by atoms with Crippen molar-refractivity contribution in [1.82, 2.24) is 24.7 Å². The zero-order valence-electron chi connectivity index (χ0n) is 15.9. The summed E-state index contributed by atoms with van der Waals surface area (Å²) < 4.78 is 7.37. The number of hydrogen-bond acceptors (Lipinski definition) is 7. The molecule has 2 fully saturated rings. The number of rotatable bonds is 6. The molecule has 0 aliphatic carbocycles. The van der Waals surface area contributed by atoms with Crippen LogP contribution in [0, 0.1) is 0 Å². The number of nitrogens with one attached hydrogen (secondary N) is 1. The first-order valence-corrected chi connectivity index (χ1v) is 9.65. The molecule has 1 amide bonds. The summed E-state index contributed by atoms with van der Waals surface area (Å²) in [5.41, 5.74) is 0.151. The minimum atomic E-state index is -0.359. The third-order valence-corrected chi connectivity index (χ3v) is 5.60. The largest absolute Gasteiger partial charge is 0.387 e. The molecule has 27 heavy (non-hydrogen) atoms. The number of ether oxygens (including phenoxy) is 1. The van der Waals surface area contributed by atoms with Gasteiger partial charge in [-0.3, -0.25) is 14.6 Å². The van der Waals surface area contributed by atoms with Crippen LogP contribution in [-0.4, -0.2) is 89.1 Å². The van der Waals surface area contributed by atoms with Crippen molar-refractivity contribution in [3.63, 3.8) is 0 Å². The van der Waals surface area contributed by atoms with Gasteiger partial charge in [-0.05, 0) is 0 Å². The lowest BCUT2D eigenvalue weighted by Gasteiger charge is -2.26. The molecule has 2 saturated heterocycles. The van der Waals surface area contributed by atoms with Crippen LogP contribution in [-0.2, 0) is 28.0 Å². The predicted octanol–water partition coefficient (Wildman–Crippen LogP) is -0.411. The van der Waals surface area contributed by atoms with Crippen molar-refractivity contribution in [1.29, 1.82) is 0 Å². The lowest BCUT2D eigenvalue weighted by atomic mass is 9.96. The molecule has 0 aromatic carbocycles. The number of imidazole rings is 1. The molecule has 148 valence electrons. The molecule has 0 radical (unpaired) electrons. The number of amides is 1. The van der Waals surface area contributed by atoms with E-state index in [1.807, 2.05) is 24.0 Å². The normalized spacial score (nSPS) is 26.3. The highest BCUT2D eigenvalue weighted by molar-refractivity contribution is 6.39. The first-order chi connectivity index (χ1) is 13.1. The van der Waals surface area contributed by atoms with E-state index in [0.29, 0.717) is 18.7 Å². The van der Waals surface area contributed by atoms with E-state index in [9.17, 15) is 4.79 Å². The molecule has 1 N–H and O–H groups in total. The Bertz CT molecular complexity index is 699. The molecule has 0 unspecified atom stereocenters. The maximum Gasteiger partial charge on any atom is 0.269 e. The maximum absolute atomic E-state index is 12.4. The molecule has 9 heteroatoms. The van der Waals surface area contributed by atoms with Gasteiger partial charge in [0.15, 0.2) is 5.60 Å². The quantitative estimate of drug-likeness (QED) is 0.727. The molecule has 1 aromatic heterocycles. The first kappa shape index (κ1) is 18.4. The Morgan fingerprint density at radius 1 is 1.30 bits per heavy atom. The van der Waals surface area contributed by atoms with Crippen LogP contribution in [0.3, 0.4) is 0 Å². The predicted molar refractivity (Wildman–Crippen MR) is 99.2 cm³/mol. The molecule has 3 aliphatic rings. The number of nitrogens with zero attached hydrogens (tertiary/aromatic N) is 5. The van der Waals surface area contributed by atoms with Gasteiger partial charge >= 0.3 is 0 Å². The van der Waals surface area contributed by atoms with Gasteiger partial charge < -0.3 is 19.5 Å². The highest BCUT2D eigenvalue weighted by atomic mass is 16.7. The smallest absolute Gasteiger partial charge is 0.269 e. The molecular weight excluding hydrogens is 348 g/mol. The van der Waals surface area contributed by atoms with E-state index in [2.05, 4.69) is 25.3 Å². The van der Waals surface area contributed by atoms with Gasteiger partial charge in [-0.1, -0.05) is 5.16 Å². The van der Waals surface area contributed by atoms with E-state index in [4.69, 9.17) is 9.57 Å². The van der Waals surface area contributed by atoms with Gasteiger partial charge in [-0.25, -0.2) is 4.98 Å². The van der Waals surface area contributed by atoms with Gasteiger partial charge in [0.1, 0.15) is 11.5 Å². The van der Waals surface area contributed by atoms with Gasteiger partial charge in [0.25, 0.3) is 5.91 Å². The lowest BCUT2D eigenvalue weighted by Crippen LogP contribution is -2.43. The van der Waals surface area contributed by atoms with Gasteiger partial charge in [-0.15, -0.1) is 0 Å². The molecule has 1 aromatic rings. The second kappa shape index (κ2) is 7.95. The van der Waals surface area contributed by atoms with Crippen LogP contribution in [0.2, 0.25) is 0 Å². The summed E-state index contributed by atoms with van der Waals surface area (Å²) in [6.45, 7) is 7.33. The SMILES string of the molecule is Cn1ccnc1CN1CC[C@@]2(CC(C(=O)NCCN3CCOCC3)=NO2)C1. The zero-order chi connectivity index (χ0) is 18.7. The maximum atomic E-state index is 12.4. The van der Waals surface area contributed by atoms with E-state index >= 15 is 0 Å². The summed E-state index contributed by atoms with van der Waals surface area (Å²) in [4.78, 5) is 27.2. The average molecular weight is 376 g/mol. The molecule has 0 saturated carbocycles. The zero-order valence-corrected chi connectivity index (χ0v) is 15.9. The molecule has 0 bridgehead atoms. The van der Waals surface area contributed by atoms with Crippen LogP contribution in [0.5, 0.6) is 0 Å². The summed E-state index contributed by atoms with van der Waals surface area (Å²) in [5.74, 6) is 0.926. The number of aryl methyl sites for hydroxylation is 1. The second-order valence-electron chi connectivity index (χ2n) is 7.61. The van der Waals surface area contributed by atoms with Crippen LogP contribution >= 0.6 is 0 Å². The number of hydrogen-bond donors (Lipinski definition) is 1. The summed E-state index contributed by atoms with van der Waals surface area (Å²) >= 11 is 0. The Labute approximate surface area is 159 Å². The Morgan fingerprint density at radius 3 is 2.93 bits per heavy atom. The fourth-order valence-electron chi connectivity index (χ4n) is 3.93. The number of aromatic nitrogens is 2. The minimum Gasteiger partial charge on any atom is -0.387 e. The molecule has 1 spiro atoms. The number of carbonyl (C=O) groups is 1. The Kier molecular flexibility index (Phi) is 5.42. The highest BCUT2D eigenvalue weighted by Gasteiger charge is 2.46. The standard InChI is InChI=1S/C18H28N6O3/c1-22-6-3-19-16(22)13-24-5-2-18(14-24)12-15(21-27-18)17(25)20-4-7-23-8-10-26-11-9-23/h3,6H,2,4-5,7-14H2,1H3,(H,20,25)/t18-/m1/s1. The number of likely N-dealkylation sites (tertiary alicyclic amines) is 1. The monoisotopic (exact) mass is 376 g/mol. The van der Waals surface area contributed by atoms with Crippen molar-refractivity contribution in [3.05, 3.63) is 18.2 Å². The Morgan fingerprint density at radius 2 is 2.15 bits per heavy atom. The third kappa shape index (κ3) is 4.31. The van der Waals surface area contributed by atoms with E-state index in [1.165, 1.54) is 0 Å².